The third-order valence-corrected chi connectivity index (χ3v) is 3.85. The Bertz CT molecular complexity index is 978. The fourth-order valence-corrected chi connectivity index (χ4v) is 2.67. The molecule has 2 N–H and O–H groups in total. The number of halogens is 1. The van der Waals surface area contributed by atoms with Crippen molar-refractivity contribution in [1.82, 2.24) is 15.0 Å². The van der Waals surface area contributed by atoms with Crippen LogP contribution in [0.3, 0.4) is 0 Å². The largest absolute Gasteiger partial charge is 0.344 e. The minimum Gasteiger partial charge on any atom is -0.344 e. The van der Waals surface area contributed by atoms with Gasteiger partial charge >= 0.3 is 0 Å². The molecular weight excluding hydrogens is 315 g/mol. The molecule has 0 fully saturated rings. The molecule has 0 amide bonds. The van der Waals surface area contributed by atoms with Crippen molar-refractivity contribution in [2.45, 2.75) is 0 Å². The van der Waals surface area contributed by atoms with Gasteiger partial charge in [0.15, 0.2) is 0 Å². The van der Waals surface area contributed by atoms with Gasteiger partial charge in [0.25, 0.3) is 0 Å². The summed E-state index contributed by atoms with van der Waals surface area (Å²) in [5.41, 5.74) is 4.41. The SMILES string of the molecule is Fc1ccc(-c2[nH]cnc2-c2ccnc(Nc3ccccc3)c2)cc1. The molecule has 0 aliphatic heterocycles. The lowest BCUT2D eigenvalue weighted by Crippen LogP contribution is -1.94. The van der Waals surface area contributed by atoms with Gasteiger partial charge in [0.05, 0.1) is 17.7 Å². The maximum atomic E-state index is 13.2. The van der Waals surface area contributed by atoms with Crippen molar-refractivity contribution in [3.05, 3.63) is 85.1 Å². The van der Waals surface area contributed by atoms with Crippen LogP contribution in [0.2, 0.25) is 0 Å². The molecule has 0 aliphatic rings. The predicted molar refractivity (Wildman–Crippen MR) is 96.9 cm³/mol. The Hall–Kier alpha value is -3.47. The molecule has 2 heterocycles. The smallest absolute Gasteiger partial charge is 0.130 e. The van der Waals surface area contributed by atoms with E-state index in [9.17, 15) is 4.39 Å². The highest BCUT2D eigenvalue weighted by Gasteiger charge is 2.11. The van der Waals surface area contributed by atoms with Gasteiger partial charge in [-0.15, -0.1) is 0 Å². The third-order valence-electron chi connectivity index (χ3n) is 3.85. The minimum atomic E-state index is -0.261. The van der Waals surface area contributed by atoms with E-state index in [0.29, 0.717) is 0 Å². The van der Waals surface area contributed by atoms with Gasteiger partial charge in [0, 0.05) is 23.0 Å². The summed E-state index contributed by atoms with van der Waals surface area (Å²) in [6.07, 6.45) is 3.38. The second-order valence-corrected chi connectivity index (χ2v) is 5.55. The highest BCUT2D eigenvalue weighted by Crippen LogP contribution is 2.30. The Kier molecular flexibility index (Phi) is 3.96. The fraction of sp³-hybridized carbons (Fsp3) is 0. The number of pyridine rings is 1. The van der Waals surface area contributed by atoms with Crippen molar-refractivity contribution in [3.63, 3.8) is 0 Å². The number of hydrogen-bond acceptors (Lipinski definition) is 3. The van der Waals surface area contributed by atoms with Gasteiger partial charge in [0.2, 0.25) is 0 Å². The molecule has 2 aromatic heterocycles. The molecule has 2 aromatic carbocycles. The number of nitrogens with one attached hydrogen (secondary N) is 2. The summed E-state index contributed by atoms with van der Waals surface area (Å²) in [4.78, 5) is 11.9. The van der Waals surface area contributed by atoms with Crippen LogP contribution in [0, 0.1) is 5.82 Å². The van der Waals surface area contributed by atoms with Crippen LogP contribution in [0.25, 0.3) is 22.5 Å². The number of nitrogens with zero attached hydrogens (tertiary/aromatic N) is 2. The summed E-state index contributed by atoms with van der Waals surface area (Å²) < 4.78 is 13.2. The maximum absolute atomic E-state index is 13.2. The number of imidazole rings is 1. The van der Waals surface area contributed by atoms with Gasteiger partial charge in [-0.1, -0.05) is 18.2 Å². The second-order valence-electron chi connectivity index (χ2n) is 5.55. The Balaban J connectivity index is 1.68. The number of rotatable bonds is 4. The van der Waals surface area contributed by atoms with Gasteiger partial charge in [-0.3, -0.25) is 0 Å². The predicted octanol–water partition coefficient (Wildman–Crippen LogP) is 5.02. The molecule has 4 nitrogen and oxygen atoms in total. The molecule has 0 aliphatic carbocycles. The Morgan fingerprint density at radius 1 is 0.840 bits per heavy atom. The average Bonchev–Trinajstić information content (AvgIpc) is 3.13. The second kappa shape index (κ2) is 6.57. The van der Waals surface area contributed by atoms with E-state index in [1.807, 2.05) is 42.5 Å². The summed E-state index contributed by atoms with van der Waals surface area (Å²) in [6.45, 7) is 0. The van der Waals surface area contributed by atoms with Gasteiger partial charge in [-0.05, 0) is 48.5 Å². The van der Waals surface area contributed by atoms with E-state index < -0.39 is 0 Å². The van der Waals surface area contributed by atoms with E-state index in [1.54, 1.807) is 24.7 Å². The lowest BCUT2D eigenvalue weighted by Gasteiger charge is -2.08. The summed E-state index contributed by atoms with van der Waals surface area (Å²) in [7, 11) is 0. The summed E-state index contributed by atoms with van der Waals surface area (Å²) >= 11 is 0. The van der Waals surface area contributed by atoms with E-state index >= 15 is 0 Å². The van der Waals surface area contributed by atoms with Crippen molar-refractivity contribution in [3.8, 4) is 22.5 Å². The fourth-order valence-electron chi connectivity index (χ4n) is 2.67. The molecule has 4 aromatic rings. The van der Waals surface area contributed by atoms with Crippen molar-refractivity contribution >= 4 is 11.5 Å². The van der Waals surface area contributed by atoms with Crippen LogP contribution in [0.4, 0.5) is 15.9 Å². The van der Waals surface area contributed by atoms with E-state index in [-0.39, 0.29) is 5.82 Å². The van der Waals surface area contributed by atoms with Crippen LogP contribution in [0.15, 0.2) is 79.3 Å². The topological polar surface area (TPSA) is 53.6 Å². The van der Waals surface area contributed by atoms with E-state index in [2.05, 4.69) is 20.3 Å². The molecule has 25 heavy (non-hydrogen) atoms. The molecule has 0 saturated heterocycles. The quantitative estimate of drug-likeness (QED) is 0.552. The Morgan fingerprint density at radius 3 is 2.44 bits per heavy atom. The molecule has 0 saturated carbocycles. The number of para-hydroxylation sites is 1. The van der Waals surface area contributed by atoms with E-state index in [0.717, 1.165) is 34.0 Å². The van der Waals surface area contributed by atoms with E-state index in [1.165, 1.54) is 12.1 Å². The standard InChI is InChI=1S/C20H15FN4/c21-16-8-6-14(7-9-16)19-20(24-13-23-19)15-10-11-22-18(12-15)25-17-4-2-1-3-5-17/h1-13H,(H,22,25)(H,23,24). The lowest BCUT2D eigenvalue weighted by molar-refractivity contribution is 0.628. The van der Waals surface area contributed by atoms with E-state index in [4.69, 9.17) is 0 Å². The molecule has 0 radical (unpaired) electrons. The first-order chi connectivity index (χ1) is 12.3. The molecule has 4 rings (SSSR count). The minimum absolute atomic E-state index is 0.261. The van der Waals surface area contributed by atoms with Crippen LogP contribution < -0.4 is 5.32 Å². The Morgan fingerprint density at radius 2 is 1.64 bits per heavy atom. The number of benzene rings is 2. The monoisotopic (exact) mass is 330 g/mol. The number of aromatic amines is 1. The Labute approximate surface area is 144 Å². The van der Waals surface area contributed by atoms with Gasteiger partial charge in [-0.2, -0.15) is 0 Å². The zero-order valence-corrected chi connectivity index (χ0v) is 13.3. The molecule has 0 bridgehead atoms. The molecule has 0 atom stereocenters. The van der Waals surface area contributed by atoms with Crippen LogP contribution in [-0.4, -0.2) is 15.0 Å². The highest BCUT2D eigenvalue weighted by molar-refractivity contribution is 5.79. The van der Waals surface area contributed by atoms with Crippen LogP contribution in [0.1, 0.15) is 0 Å². The first kappa shape index (κ1) is 15.1. The first-order valence-electron chi connectivity index (χ1n) is 7.87. The highest BCUT2D eigenvalue weighted by atomic mass is 19.1. The maximum Gasteiger partial charge on any atom is 0.130 e. The van der Waals surface area contributed by atoms with Crippen molar-refractivity contribution in [2.75, 3.05) is 5.32 Å². The lowest BCUT2D eigenvalue weighted by atomic mass is 10.1. The molecular formula is C20H15FN4. The summed E-state index contributed by atoms with van der Waals surface area (Å²) in [5, 5.41) is 3.27. The van der Waals surface area contributed by atoms with Crippen LogP contribution in [0.5, 0.6) is 0 Å². The number of aromatic nitrogens is 3. The third kappa shape index (κ3) is 3.26. The average molecular weight is 330 g/mol. The number of anilines is 2. The van der Waals surface area contributed by atoms with Gasteiger partial charge in [-0.25, -0.2) is 14.4 Å². The van der Waals surface area contributed by atoms with Gasteiger partial charge in [0.1, 0.15) is 11.6 Å². The van der Waals surface area contributed by atoms with Gasteiger partial charge < -0.3 is 10.3 Å². The zero-order chi connectivity index (χ0) is 17.1. The first-order valence-corrected chi connectivity index (χ1v) is 7.87. The van der Waals surface area contributed by atoms with Crippen molar-refractivity contribution in [2.24, 2.45) is 0 Å². The van der Waals surface area contributed by atoms with Crippen LogP contribution in [-0.2, 0) is 0 Å². The molecule has 0 spiro atoms. The number of H-pyrrole nitrogens is 1. The number of hydrogen-bond donors (Lipinski definition) is 2. The molecule has 122 valence electrons. The zero-order valence-electron chi connectivity index (χ0n) is 13.3. The summed E-state index contributed by atoms with van der Waals surface area (Å²) in [6, 6.07) is 20.0. The molecule has 0 unspecified atom stereocenters. The molecule has 5 heteroatoms. The van der Waals surface area contributed by atoms with Crippen LogP contribution >= 0.6 is 0 Å². The normalized spacial score (nSPS) is 10.6. The summed E-state index contributed by atoms with van der Waals surface area (Å²) in [5.74, 6) is 0.472. The van der Waals surface area contributed by atoms with Crippen molar-refractivity contribution < 1.29 is 4.39 Å². The van der Waals surface area contributed by atoms with Crippen molar-refractivity contribution in [1.29, 1.82) is 0 Å².